The van der Waals surface area contributed by atoms with Crippen LogP contribution in [0.2, 0.25) is 0 Å². The monoisotopic (exact) mass is 336 g/mol. The van der Waals surface area contributed by atoms with Crippen molar-refractivity contribution in [3.8, 4) is 11.5 Å². The maximum Gasteiger partial charge on any atom is 0.125 e. The third-order valence-electron chi connectivity index (χ3n) is 2.77. The standard InChI is InChI=1S/C16H17BrO3/c1-12(18)15-11-13(17)7-8-16(15)20-10-9-19-14-5-3-2-4-6-14/h2-8,11-12,18H,9-10H2,1H3/t12-/m1/s1. The van der Waals surface area contributed by atoms with Crippen molar-refractivity contribution in [2.45, 2.75) is 13.0 Å². The van der Waals surface area contributed by atoms with Gasteiger partial charge in [0.15, 0.2) is 0 Å². The van der Waals surface area contributed by atoms with Crippen LogP contribution in [0, 0.1) is 0 Å². The molecule has 0 spiro atoms. The summed E-state index contributed by atoms with van der Waals surface area (Å²) in [6, 6.07) is 15.2. The third kappa shape index (κ3) is 4.25. The van der Waals surface area contributed by atoms with Crippen molar-refractivity contribution in [2.75, 3.05) is 13.2 Å². The number of para-hydroxylation sites is 1. The maximum atomic E-state index is 9.73. The fraction of sp³-hybridized carbons (Fsp3) is 0.250. The van der Waals surface area contributed by atoms with Crippen LogP contribution in [0.3, 0.4) is 0 Å². The van der Waals surface area contributed by atoms with E-state index in [2.05, 4.69) is 15.9 Å². The van der Waals surface area contributed by atoms with Gasteiger partial charge in [-0.25, -0.2) is 0 Å². The van der Waals surface area contributed by atoms with Gasteiger partial charge in [-0.15, -0.1) is 0 Å². The Labute approximate surface area is 127 Å². The predicted octanol–water partition coefficient (Wildman–Crippen LogP) is 3.96. The van der Waals surface area contributed by atoms with E-state index < -0.39 is 6.10 Å². The molecule has 20 heavy (non-hydrogen) atoms. The number of rotatable bonds is 6. The third-order valence-corrected chi connectivity index (χ3v) is 3.27. The van der Waals surface area contributed by atoms with Gasteiger partial charge in [0.25, 0.3) is 0 Å². The molecule has 0 unspecified atom stereocenters. The highest BCUT2D eigenvalue weighted by molar-refractivity contribution is 9.10. The normalized spacial score (nSPS) is 11.9. The second-order valence-corrected chi connectivity index (χ2v) is 5.28. The van der Waals surface area contributed by atoms with Crippen LogP contribution in [0.15, 0.2) is 53.0 Å². The molecule has 0 aliphatic heterocycles. The Morgan fingerprint density at radius 1 is 1.05 bits per heavy atom. The zero-order valence-electron chi connectivity index (χ0n) is 11.3. The van der Waals surface area contributed by atoms with Crippen molar-refractivity contribution in [1.29, 1.82) is 0 Å². The molecule has 0 fully saturated rings. The Bertz CT molecular complexity index is 541. The van der Waals surface area contributed by atoms with Crippen LogP contribution in [0.1, 0.15) is 18.6 Å². The van der Waals surface area contributed by atoms with Crippen molar-refractivity contribution in [2.24, 2.45) is 0 Å². The lowest BCUT2D eigenvalue weighted by Gasteiger charge is -2.14. The molecule has 0 aliphatic rings. The molecule has 0 bridgehead atoms. The van der Waals surface area contributed by atoms with Crippen molar-refractivity contribution in [3.63, 3.8) is 0 Å². The number of hydrogen-bond acceptors (Lipinski definition) is 3. The summed E-state index contributed by atoms with van der Waals surface area (Å²) >= 11 is 3.39. The summed E-state index contributed by atoms with van der Waals surface area (Å²) in [6.45, 7) is 2.60. The smallest absolute Gasteiger partial charge is 0.125 e. The van der Waals surface area contributed by atoms with E-state index in [1.807, 2.05) is 48.5 Å². The van der Waals surface area contributed by atoms with Gasteiger partial charge in [-0.05, 0) is 37.3 Å². The van der Waals surface area contributed by atoms with E-state index in [-0.39, 0.29) is 0 Å². The number of aliphatic hydroxyl groups is 1. The highest BCUT2D eigenvalue weighted by Crippen LogP contribution is 2.28. The minimum absolute atomic E-state index is 0.427. The molecule has 1 N–H and O–H groups in total. The van der Waals surface area contributed by atoms with E-state index in [0.717, 1.165) is 15.8 Å². The zero-order chi connectivity index (χ0) is 14.4. The van der Waals surface area contributed by atoms with Crippen LogP contribution in [0.4, 0.5) is 0 Å². The lowest BCUT2D eigenvalue weighted by Crippen LogP contribution is -2.10. The molecule has 2 rings (SSSR count). The van der Waals surface area contributed by atoms with Crippen molar-refractivity contribution in [1.82, 2.24) is 0 Å². The number of ether oxygens (including phenoxy) is 2. The molecular formula is C16H17BrO3. The van der Waals surface area contributed by atoms with Gasteiger partial charge >= 0.3 is 0 Å². The van der Waals surface area contributed by atoms with E-state index in [1.165, 1.54) is 0 Å². The summed E-state index contributed by atoms with van der Waals surface area (Å²) in [4.78, 5) is 0. The average Bonchev–Trinajstić information content (AvgIpc) is 2.45. The minimum atomic E-state index is -0.572. The summed E-state index contributed by atoms with van der Waals surface area (Å²) < 4.78 is 12.1. The van der Waals surface area contributed by atoms with Gasteiger partial charge in [0.2, 0.25) is 0 Å². The molecule has 0 aliphatic carbocycles. The van der Waals surface area contributed by atoms with Gasteiger partial charge in [0.05, 0.1) is 6.10 Å². The molecule has 4 heteroatoms. The fourth-order valence-electron chi connectivity index (χ4n) is 1.81. The van der Waals surface area contributed by atoms with Gasteiger partial charge in [0.1, 0.15) is 24.7 Å². The van der Waals surface area contributed by atoms with E-state index in [4.69, 9.17) is 9.47 Å². The summed E-state index contributed by atoms with van der Waals surface area (Å²) in [6.07, 6.45) is -0.572. The van der Waals surface area contributed by atoms with Crippen molar-refractivity contribution in [3.05, 3.63) is 58.6 Å². The average molecular weight is 337 g/mol. The largest absolute Gasteiger partial charge is 0.490 e. The molecular weight excluding hydrogens is 320 g/mol. The number of benzene rings is 2. The van der Waals surface area contributed by atoms with E-state index in [1.54, 1.807) is 6.92 Å². The molecule has 106 valence electrons. The summed E-state index contributed by atoms with van der Waals surface area (Å²) in [7, 11) is 0. The second-order valence-electron chi connectivity index (χ2n) is 4.37. The Kier molecular flexibility index (Phi) is 5.44. The van der Waals surface area contributed by atoms with Crippen LogP contribution < -0.4 is 9.47 Å². The number of halogens is 1. The van der Waals surface area contributed by atoms with Crippen molar-refractivity contribution < 1.29 is 14.6 Å². The second kappa shape index (κ2) is 7.31. The van der Waals surface area contributed by atoms with Crippen LogP contribution >= 0.6 is 15.9 Å². The maximum absolute atomic E-state index is 9.73. The Balaban J connectivity index is 1.88. The van der Waals surface area contributed by atoms with Gasteiger partial charge in [0, 0.05) is 10.0 Å². The molecule has 2 aromatic rings. The summed E-state index contributed by atoms with van der Waals surface area (Å²) in [5, 5.41) is 9.73. The van der Waals surface area contributed by atoms with Crippen LogP contribution in [0.25, 0.3) is 0 Å². The molecule has 3 nitrogen and oxygen atoms in total. The molecule has 2 aromatic carbocycles. The van der Waals surface area contributed by atoms with Gasteiger partial charge < -0.3 is 14.6 Å². The van der Waals surface area contributed by atoms with Crippen LogP contribution in [-0.4, -0.2) is 18.3 Å². The van der Waals surface area contributed by atoms with E-state index in [0.29, 0.717) is 19.0 Å². The SMILES string of the molecule is C[C@@H](O)c1cc(Br)ccc1OCCOc1ccccc1. The first kappa shape index (κ1) is 14.9. The highest BCUT2D eigenvalue weighted by Gasteiger charge is 2.09. The van der Waals surface area contributed by atoms with Crippen LogP contribution in [-0.2, 0) is 0 Å². The molecule has 0 amide bonds. The highest BCUT2D eigenvalue weighted by atomic mass is 79.9. The van der Waals surface area contributed by atoms with Gasteiger partial charge in [-0.1, -0.05) is 34.1 Å². The molecule has 1 atom stereocenters. The Morgan fingerprint density at radius 2 is 1.75 bits per heavy atom. The lowest BCUT2D eigenvalue weighted by molar-refractivity contribution is 0.182. The molecule has 0 saturated carbocycles. The molecule has 0 saturated heterocycles. The van der Waals surface area contributed by atoms with E-state index in [9.17, 15) is 5.11 Å². The van der Waals surface area contributed by atoms with Crippen LogP contribution in [0.5, 0.6) is 11.5 Å². The Hall–Kier alpha value is -1.52. The Morgan fingerprint density at radius 3 is 2.45 bits per heavy atom. The molecule has 0 radical (unpaired) electrons. The fourth-order valence-corrected chi connectivity index (χ4v) is 2.18. The van der Waals surface area contributed by atoms with E-state index >= 15 is 0 Å². The predicted molar refractivity (Wildman–Crippen MR) is 82.2 cm³/mol. The first-order chi connectivity index (χ1) is 9.66. The van der Waals surface area contributed by atoms with Gasteiger partial charge in [-0.2, -0.15) is 0 Å². The first-order valence-corrected chi connectivity index (χ1v) is 7.24. The topological polar surface area (TPSA) is 38.7 Å². The summed E-state index contributed by atoms with van der Waals surface area (Å²) in [5.41, 5.74) is 0.763. The van der Waals surface area contributed by atoms with Gasteiger partial charge in [-0.3, -0.25) is 0 Å². The minimum Gasteiger partial charge on any atom is -0.490 e. The molecule has 0 aromatic heterocycles. The zero-order valence-corrected chi connectivity index (χ0v) is 12.8. The first-order valence-electron chi connectivity index (χ1n) is 6.45. The lowest BCUT2D eigenvalue weighted by atomic mass is 10.1. The summed E-state index contributed by atoms with van der Waals surface area (Å²) in [5.74, 6) is 1.50. The van der Waals surface area contributed by atoms with Crippen molar-refractivity contribution >= 4 is 15.9 Å². The number of hydrogen-bond donors (Lipinski definition) is 1. The molecule has 0 heterocycles. The number of aliphatic hydroxyl groups excluding tert-OH is 1. The quantitative estimate of drug-likeness (QED) is 0.811.